The third-order valence-corrected chi connectivity index (χ3v) is 3.25. The van der Waals surface area contributed by atoms with Gasteiger partial charge in [0, 0.05) is 11.2 Å². The molecule has 19 heavy (non-hydrogen) atoms. The van der Waals surface area contributed by atoms with Crippen molar-refractivity contribution in [1.82, 2.24) is 15.0 Å². The number of imidazole rings is 1. The van der Waals surface area contributed by atoms with Crippen LogP contribution in [0.4, 0.5) is 0 Å². The molecule has 0 amide bonds. The van der Waals surface area contributed by atoms with Gasteiger partial charge in [0.2, 0.25) is 0 Å². The molecule has 0 saturated heterocycles. The monoisotopic (exact) mass is 273 g/mol. The van der Waals surface area contributed by atoms with Crippen LogP contribution in [0, 0.1) is 6.92 Å². The van der Waals surface area contributed by atoms with Crippen molar-refractivity contribution >= 4 is 22.8 Å². The fraction of sp³-hybridized carbons (Fsp3) is 0.143. The third-order valence-electron chi connectivity index (χ3n) is 3.02. The van der Waals surface area contributed by atoms with E-state index in [1.807, 2.05) is 25.1 Å². The summed E-state index contributed by atoms with van der Waals surface area (Å²) in [5.74, 6) is 1.41. The number of aromatic amines is 1. The minimum atomic E-state index is 0.631. The number of hydrogen-bond donors (Lipinski definition) is 1. The Kier molecular flexibility index (Phi) is 2.87. The van der Waals surface area contributed by atoms with E-state index in [0.717, 1.165) is 22.5 Å². The van der Waals surface area contributed by atoms with Crippen LogP contribution in [0.1, 0.15) is 5.56 Å². The van der Waals surface area contributed by atoms with E-state index in [9.17, 15) is 0 Å². The first-order valence-electron chi connectivity index (χ1n) is 5.84. The maximum Gasteiger partial charge on any atom is 0.178 e. The van der Waals surface area contributed by atoms with Gasteiger partial charge in [-0.1, -0.05) is 11.6 Å². The number of hydrogen-bond acceptors (Lipinski definition) is 3. The molecular formula is C14H12ClN3O. The second kappa shape index (κ2) is 4.55. The quantitative estimate of drug-likeness (QED) is 0.776. The number of aromatic nitrogens is 3. The number of fused-ring (bicyclic) bond motifs is 1. The van der Waals surface area contributed by atoms with Crippen LogP contribution in [0.2, 0.25) is 5.02 Å². The van der Waals surface area contributed by atoms with Crippen LogP contribution >= 0.6 is 11.6 Å². The van der Waals surface area contributed by atoms with Crippen LogP contribution in [-0.4, -0.2) is 22.1 Å². The number of methoxy groups -OCH3 is 1. The van der Waals surface area contributed by atoms with Crippen LogP contribution in [0.5, 0.6) is 5.75 Å². The lowest BCUT2D eigenvalue weighted by molar-refractivity contribution is 0.416. The van der Waals surface area contributed by atoms with Crippen molar-refractivity contribution in [2.24, 2.45) is 0 Å². The van der Waals surface area contributed by atoms with Crippen LogP contribution in [-0.2, 0) is 0 Å². The second-order valence-corrected chi connectivity index (χ2v) is 4.69. The molecule has 3 aromatic rings. The molecule has 5 heteroatoms. The summed E-state index contributed by atoms with van der Waals surface area (Å²) in [6.45, 7) is 2.02. The molecule has 0 saturated carbocycles. The summed E-state index contributed by atoms with van der Waals surface area (Å²) < 4.78 is 5.34. The minimum Gasteiger partial charge on any atom is -0.496 e. The number of rotatable bonds is 2. The maximum absolute atomic E-state index is 5.96. The number of nitrogens with zero attached hydrogens (tertiary/aromatic N) is 2. The molecule has 3 rings (SSSR count). The molecule has 1 aromatic carbocycles. The SMILES string of the molecule is COc1cc(Cl)ccc1-c1nc2nccc(C)c2[nH]1. The van der Waals surface area contributed by atoms with Gasteiger partial charge in [0.25, 0.3) is 0 Å². The second-order valence-electron chi connectivity index (χ2n) is 4.26. The van der Waals surface area contributed by atoms with Crippen molar-refractivity contribution in [3.05, 3.63) is 41.0 Å². The molecular weight excluding hydrogens is 262 g/mol. The van der Waals surface area contributed by atoms with Crippen LogP contribution < -0.4 is 4.74 Å². The lowest BCUT2D eigenvalue weighted by atomic mass is 10.2. The van der Waals surface area contributed by atoms with Gasteiger partial charge >= 0.3 is 0 Å². The van der Waals surface area contributed by atoms with Crippen molar-refractivity contribution in [3.63, 3.8) is 0 Å². The number of H-pyrrole nitrogens is 1. The number of halogens is 1. The molecule has 0 atom stereocenters. The summed E-state index contributed by atoms with van der Waals surface area (Å²) in [5, 5.41) is 0.631. The Morgan fingerprint density at radius 2 is 2.11 bits per heavy atom. The molecule has 0 bridgehead atoms. The average Bonchev–Trinajstić information content (AvgIpc) is 2.83. The molecule has 0 aliphatic heterocycles. The molecule has 0 spiro atoms. The Morgan fingerprint density at radius 1 is 1.26 bits per heavy atom. The van der Waals surface area contributed by atoms with Crippen LogP contribution in [0.15, 0.2) is 30.5 Å². The molecule has 0 radical (unpaired) electrons. The number of pyridine rings is 1. The molecule has 4 nitrogen and oxygen atoms in total. The topological polar surface area (TPSA) is 50.8 Å². The van der Waals surface area contributed by atoms with Crippen molar-refractivity contribution in [3.8, 4) is 17.1 Å². The number of aryl methyl sites for hydroxylation is 1. The molecule has 2 aromatic heterocycles. The van der Waals surface area contributed by atoms with Gasteiger partial charge in [0.05, 0.1) is 18.2 Å². The zero-order valence-corrected chi connectivity index (χ0v) is 11.3. The van der Waals surface area contributed by atoms with Crippen LogP contribution in [0.25, 0.3) is 22.6 Å². The first-order valence-corrected chi connectivity index (χ1v) is 6.22. The van der Waals surface area contributed by atoms with E-state index in [1.54, 1.807) is 19.4 Å². The van der Waals surface area contributed by atoms with E-state index in [0.29, 0.717) is 16.4 Å². The van der Waals surface area contributed by atoms with Crippen molar-refractivity contribution in [2.75, 3.05) is 7.11 Å². The Labute approximate surface area is 115 Å². The predicted molar refractivity (Wildman–Crippen MR) is 75.6 cm³/mol. The van der Waals surface area contributed by atoms with Gasteiger partial charge in [-0.15, -0.1) is 0 Å². The molecule has 1 N–H and O–H groups in total. The first-order chi connectivity index (χ1) is 9.19. The number of ether oxygens (including phenoxy) is 1. The summed E-state index contributed by atoms with van der Waals surface area (Å²) in [6.07, 6.45) is 1.75. The predicted octanol–water partition coefficient (Wildman–Crippen LogP) is 3.60. The Hall–Kier alpha value is -2.07. The summed E-state index contributed by atoms with van der Waals surface area (Å²) in [4.78, 5) is 12.0. The Bertz CT molecular complexity index is 752. The smallest absolute Gasteiger partial charge is 0.178 e. The van der Waals surface area contributed by atoms with Gasteiger partial charge in [-0.2, -0.15) is 0 Å². The summed E-state index contributed by atoms with van der Waals surface area (Å²) in [5.41, 5.74) is 3.61. The van der Waals surface area contributed by atoms with Crippen LogP contribution in [0.3, 0.4) is 0 Å². The van der Waals surface area contributed by atoms with Crippen molar-refractivity contribution in [2.45, 2.75) is 6.92 Å². The van der Waals surface area contributed by atoms with Gasteiger partial charge < -0.3 is 9.72 Å². The molecule has 0 aliphatic carbocycles. The molecule has 2 heterocycles. The standard InChI is InChI=1S/C14H12ClN3O/c1-8-5-6-16-14-12(8)17-13(18-14)10-4-3-9(15)7-11(10)19-2/h3-7H,1-2H3,(H,16,17,18). The fourth-order valence-corrected chi connectivity index (χ4v) is 2.19. The molecule has 0 fully saturated rings. The van der Waals surface area contributed by atoms with Gasteiger partial charge in [0.1, 0.15) is 11.6 Å². The summed E-state index contributed by atoms with van der Waals surface area (Å²) >= 11 is 5.96. The van der Waals surface area contributed by atoms with Gasteiger partial charge in [-0.3, -0.25) is 0 Å². The largest absolute Gasteiger partial charge is 0.496 e. The van der Waals surface area contributed by atoms with Crippen molar-refractivity contribution in [1.29, 1.82) is 0 Å². The minimum absolute atomic E-state index is 0.631. The number of benzene rings is 1. The van der Waals surface area contributed by atoms with Crippen molar-refractivity contribution < 1.29 is 4.74 Å². The van der Waals surface area contributed by atoms with E-state index in [-0.39, 0.29) is 0 Å². The van der Waals surface area contributed by atoms with Gasteiger partial charge in [-0.25, -0.2) is 9.97 Å². The van der Waals surface area contributed by atoms with E-state index in [1.165, 1.54) is 0 Å². The number of nitrogens with one attached hydrogen (secondary N) is 1. The Balaban J connectivity index is 2.22. The highest BCUT2D eigenvalue weighted by atomic mass is 35.5. The lowest BCUT2D eigenvalue weighted by Gasteiger charge is -2.05. The van der Waals surface area contributed by atoms with E-state index in [2.05, 4.69) is 15.0 Å². The molecule has 96 valence electrons. The maximum atomic E-state index is 5.96. The highest BCUT2D eigenvalue weighted by Gasteiger charge is 2.12. The average molecular weight is 274 g/mol. The third kappa shape index (κ3) is 2.04. The lowest BCUT2D eigenvalue weighted by Crippen LogP contribution is -1.89. The summed E-state index contributed by atoms with van der Waals surface area (Å²) in [6, 6.07) is 7.41. The highest BCUT2D eigenvalue weighted by molar-refractivity contribution is 6.30. The summed E-state index contributed by atoms with van der Waals surface area (Å²) in [7, 11) is 1.61. The highest BCUT2D eigenvalue weighted by Crippen LogP contribution is 2.31. The fourth-order valence-electron chi connectivity index (χ4n) is 2.02. The molecule has 0 unspecified atom stereocenters. The van der Waals surface area contributed by atoms with E-state index in [4.69, 9.17) is 16.3 Å². The van der Waals surface area contributed by atoms with Gasteiger partial charge in [-0.05, 0) is 36.8 Å². The first kappa shape index (κ1) is 12.0. The molecule has 0 aliphatic rings. The Morgan fingerprint density at radius 3 is 2.84 bits per heavy atom. The van der Waals surface area contributed by atoms with Gasteiger partial charge in [0.15, 0.2) is 5.65 Å². The van der Waals surface area contributed by atoms with E-state index >= 15 is 0 Å². The van der Waals surface area contributed by atoms with E-state index < -0.39 is 0 Å². The zero-order chi connectivity index (χ0) is 13.4. The zero-order valence-electron chi connectivity index (χ0n) is 10.6. The normalized spacial score (nSPS) is 10.9.